The van der Waals surface area contributed by atoms with Gasteiger partial charge in [-0.3, -0.25) is 0 Å². The molecule has 1 aromatic rings. The molecule has 0 aliphatic carbocycles. The van der Waals surface area contributed by atoms with Crippen molar-refractivity contribution in [2.45, 2.75) is 132 Å². The molecule has 0 heterocycles. The summed E-state index contributed by atoms with van der Waals surface area (Å²) in [7, 11) is 0. The van der Waals surface area contributed by atoms with Gasteiger partial charge in [0.2, 0.25) is 0 Å². The summed E-state index contributed by atoms with van der Waals surface area (Å²) in [6.45, 7) is 29.6. The molecule has 0 amide bonds. The molecule has 0 saturated heterocycles. The molecule has 0 unspecified atom stereocenters. The molecule has 0 fully saturated rings. The van der Waals surface area contributed by atoms with Crippen LogP contribution >= 0.6 is 0 Å². The predicted molar refractivity (Wildman–Crippen MR) is 133 cm³/mol. The summed E-state index contributed by atoms with van der Waals surface area (Å²) in [6.07, 6.45) is 1.78. The lowest BCUT2D eigenvalue weighted by atomic mass is 9.84. The van der Waals surface area contributed by atoms with Gasteiger partial charge in [-0.15, -0.1) is 0 Å². The van der Waals surface area contributed by atoms with Gasteiger partial charge in [0, 0.05) is 0 Å². The Labute approximate surface area is 198 Å². The van der Waals surface area contributed by atoms with Crippen LogP contribution < -0.4 is 0 Å². The van der Waals surface area contributed by atoms with Crippen molar-refractivity contribution in [1.82, 2.24) is 0 Å². The zero-order valence-electron chi connectivity index (χ0n) is 23.4. The van der Waals surface area contributed by atoms with Gasteiger partial charge < -0.3 is 0 Å². The molecule has 0 aromatic heterocycles. The molecule has 0 bridgehead atoms. The number of rotatable bonds is 10. The Hall–Kier alpha value is -0.940. The highest BCUT2D eigenvalue weighted by Gasteiger charge is 2.34. The van der Waals surface area contributed by atoms with Gasteiger partial charge in [-0.1, -0.05) is 59.7 Å². The van der Waals surface area contributed by atoms with E-state index in [1.54, 1.807) is 0 Å². The summed E-state index contributed by atoms with van der Waals surface area (Å²) >= 11 is 0. The molecule has 4 heteroatoms. The van der Waals surface area contributed by atoms with Crippen molar-refractivity contribution >= 4 is 0 Å². The van der Waals surface area contributed by atoms with Crippen LogP contribution in [0.1, 0.15) is 121 Å². The standard InChI is InChI=1S/C28H50O4/c1-23(2,3)19-25(7,8)29-31-27(11,12)21-16-15-17-22(18-21)28(13,14)32-30-26(9,10)20-24(4,5)6/h15-18H,19-20H2,1-14H3. The van der Waals surface area contributed by atoms with Crippen molar-refractivity contribution in [3.05, 3.63) is 35.4 Å². The van der Waals surface area contributed by atoms with Crippen LogP contribution in [0.25, 0.3) is 0 Å². The Balaban J connectivity index is 2.94. The summed E-state index contributed by atoms with van der Waals surface area (Å²) in [6, 6.07) is 8.26. The van der Waals surface area contributed by atoms with E-state index < -0.39 is 11.2 Å². The minimum atomic E-state index is -0.617. The lowest BCUT2D eigenvalue weighted by Gasteiger charge is -2.36. The normalized spacial score (nSPS) is 14.7. The molecular weight excluding hydrogens is 400 g/mol. The molecular formula is C28H50O4. The van der Waals surface area contributed by atoms with Gasteiger partial charge in [0.05, 0.1) is 11.2 Å². The van der Waals surface area contributed by atoms with Crippen LogP contribution in [0.4, 0.5) is 0 Å². The fraction of sp³-hybridized carbons (Fsp3) is 0.786. The molecule has 186 valence electrons. The Morgan fingerprint density at radius 1 is 0.500 bits per heavy atom. The minimum Gasteiger partial charge on any atom is -0.230 e. The van der Waals surface area contributed by atoms with Crippen molar-refractivity contribution in [3.8, 4) is 0 Å². The zero-order valence-corrected chi connectivity index (χ0v) is 23.4. The quantitative estimate of drug-likeness (QED) is 0.264. The monoisotopic (exact) mass is 450 g/mol. The number of hydrogen-bond acceptors (Lipinski definition) is 4. The summed E-state index contributed by atoms with van der Waals surface area (Å²) in [4.78, 5) is 23.8. The molecule has 0 radical (unpaired) electrons. The highest BCUT2D eigenvalue weighted by atomic mass is 17.2. The molecule has 0 aliphatic rings. The molecule has 0 aliphatic heterocycles. The lowest BCUT2D eigenvalue weighted by Crippen LogP contribution is -2.35. The van der Waals surface area contributed by atoms with Gasteiger partial charge in [0.1, 0.15) is 11.2 Å². The van der Waals surface area contributed by atoms with Crippen molar-refractivity contribution < 1.29 is 19.6 Å². The highest BCUT2D eigenvalue weighted by Crippen LogP contribution is 2.36. The Kier molecular flexibility index (Phi) is 8.85. The Morgan fingerprint density at radius 3 is 1.09 bits per heavy atom. The summed E-state index contributed by atoms with van der Waals surface area (Å²) < 4.78 is 0. The second-order valence-corrected chi connectivity index (χ2v) is 13.9. The SMILES string of the molecule is CC(C)(C)CC(C)(C)OOC(C)(C)c1cccc(C(C)(C)OOC(C)(C)CC(C)(C)C)c1. The van der Waals surface area contributed by atoms with E-state index in [1.807, 2.05) is 33.8 Å². The largest absolute Gasteiger partial charge is 0.230 e. The van der Waals surface area contributed by atoms with E-state index in [-0.39, 0.29) is 22.0 Å². The van der Waals surface area contributed by atoms with Gasteiger partial charge in [-0.25, -0.2) is 19.6 Å². The van der Waals surface area contributed by atoms with Crippen LogP contribution in [0, 0.1) is 10.8 Å². The van der Waals surface area contributed by atoms with E-state index in [1.165, 1.54) is 0 Å². The maximum absolute atomic E-state index is 5.99. The molecule has 1 rings (SSSR count). The summed E-state index contributed by atoms with van der Waals surface area (Å²) in [5.41, 5.74) is 0.336. The fourth-order valence-electron chi connectivity index (χ4n) is 4.41. The third kappa shape index (κ3) is 10.3. The van der Waals surface area contributed by atoms with Crippen LogP contribution in [-0.4, -0.2) is 11.2 Å². The molecule has 0 saturated carbocycles. The van der Waals surface area contributed by atoms with Crippen LogP contribution in [0.2, 0.25) is 0 Å². The van der Waals surface area contributed by atoms with Crippen LogP contribution in [-0.2, 0) is 30.8 Å². The van der Waals surface area contributed by atoms with Gasteiger partial charge in [0.15, 0.2) is 0 Å². The van der Waals surface area contributed by atoms with Gasteiger partial charge >= 0.3 is 0 Å². The second kappa shape index (κ2) is 9.74. The van der Waals surface area contributed by atoms with E-state index in [0.29, 0.717) is 0 Å². The molecule has 0 N–H and O–H groups in total. The van der Waals surface area contributed by atoms with Gasteiger partial charge in [-0.05, 0) is 96.3 Å². The third-order valence-electron chi connectivity index (χ3n) is 5.12. The van der Waals surface area contributed by atoms with Crippen LogP contribution in [0.15, 0.2) is 24.3 Å². The van der Waals surface area contributed by atoms with E-state index in [2.05, 4.69) is 87.4 Å². The zero-order chi connectivity index (χ0) is 25.2. The first-order valence-corrected chi connectivity index (χ1v) is 11.9. The Bertz CT molecular complexity index is 671. The first kappa shape index (κ1) is 29.1. The highest BCUT2D eigenvalue weighted by molar-refractivity contribution is 5.30. The second-order valence-electron chi connectivity index (χ2n) is 13.9. The van der Waals surface area contributed by atoms with Crippen molar-refractivity contribution in [2.75, 3.05) is 0 Å². The summed E-state index contributed by atoms with van der Waals surface area (Å²) in [5, 5.41) is 0. The maximum atomic E-state index is 5.99. The molecule has 32 heavy (non-hydrogen) atoms. The maximum Gasteiger partial charge on any atom is 0.123 e. The van der Waals surface area contributed by atoms with Gasteiger partial charge in [0.25, 0.3) is 0 Å². The van der Waals surface area contributed by atoms with E-state index in [0.717, 1.165) is 24.0 Å². The first-order chi connectivity index (χ1) is 14.0. The van der Waals surface area contributed by atoms with E-state index >= 15 is 0 Å². The van der Waals surface area contributed by atoms with Crippen molar-refractivity contribution in [3.63, 3.8) is 0 Å². The molecule has 0 spiro atoms. The van der Waals surface area contributed by atoms with Crippen molar-refractivity contribution in [2.24, 2.45) is 10.8 Å². The van der Waals surface area contributed by atoms with E-state index in [9.17, 15) is 0 Å². The third-order valence-corrected chi connectivity index (χ3v) is 5.12. The predicted octanol–water partition coefficient (Wildman–Crippen LogP) is 8.48. The minimum absolute atomic E-state index is 0.152. The number of hydrogen-bond donors (Lipinski definition) is 0. The molecule has 4 nitrogen and oxygen atoms in total. The topological polar surface area (TPSA) is 36.9 Å². The first-order valence-electron chi connectivity index (χ1n) is 11.9. The molecule has 0 atom stereocenters. The van der Waals surface area contributed by atoms with Crippen LogP contribution in [0.3, 0.4) is 0 Å². The average molecular weight is 451 g/mol. The number of benzene rings is 1. The average Bonchev–Trinajstić information content (AvgIpc) is 2.55. The Morgan fingerprint density at radius 2 is 0.812 bits per heavy atom. The van der Waals surface area contributed by atoms with Crippen LogP contribution in [0.5, 0.6) is 0 Å². The lowest BCUT2D eigenvalue weighted by molar-refractivity contribution is -0.410. The van der Waals surface area contributed by atoms with Crippen molar-refractivity contribution in [1.29, 1.82) is 0 Å². The van der Waals surface area contributed by atoms with E-state index in [4.69, 9.17) is 19.6 Å². The molecule has 1 aromatic carbocycles. The fourth-order valence-corrected chi connectivity index (χ4v) is 4.41. The summed E-state index contributed by atoms with van der Waals surface area (Å²) in [5.74, 6) is 0. The van der Waals surface area contributed by atoms with Gasteiger partial charge in [-0.2, -0.15) is 0 Å². The smallest absolute Gasteiger partial charge is 0.123 e.